The molecule has 2 aromatic carbocycles. The van der Waals surface area contributed by atoms with Gasteiger partial charge in [-0.05, 0) is 49.6 Å². The highest BCUT2D eigenvalue weighted by molar-refractivity contribution is 7.99. The molecule has 1 aliphatic heterocycles. The number of nitrogens with one attached hydrogen (secondary N) is 1. The summed E-state index contributed by atoms with van der Waals surface area (Å²) in [6, 6.07) is 16.1. The van der Waals surface area contributed by atoms with Crippen molar-refractivity contribution in [3.63, 3.8) is 0 Å². The normalized spacial score (nSPS) is 14.6. The number of para-hydroxylation sites is 1. The smallest absolute Gasteiger partial charge is 0.196 e. The molecule has 7 heteroatoms. The number of thioether (sulfide) groups is 1. The fraction of sp³-hybridized carbons (Fsp3) is 0.391. The molecule has 0 unspecified atom stereocenters. The summed E-state index contributed by atoms with van der Waals surface area (Å²) < 4.78 is 13.0. The molecule has 4 rings (SSSR count). The summed E-state index contributed by atoms with van der Waals surface area (Å²) in [4.78, 5) is 1.71. The van der Waals surface area contributed by atoms with E-state index < -0.39 is 0 Å². The van der Waals surface area contributed by atoms with Crippen molar-refractivity contribution in [3.8, 4) is 28.6 Å². The zero-order chi connectivity index (χ0) is 20.8. The van der Waals surface area contributed by atoms with Crippen LogP contribution in [0.4, 0.5) is 0 Å². The summed E-state index contributed by atoms with van der Waals surface area (Å²) in [6.45, 7) is 3.75. The Kier molecular flexibility index (Phi) is 6.92. The SMILES string of the molecule is COc1ccc(-c2nnc(SCC[NH+]3CCCCC3)n2-c2ccccc2)cc1OC. The van der Waals surface area contributed by atoms with Crippen LogP contribution in [0.2, 0.25) is 0 Å². The maximum Gasteiger partial charge on any atom is 0.196 e. The van der Waals surface area contributed by atoms with Crippen LogP contribution in [-0.4, -0.2) is 54.4 Å². The monoisotopic (exact) mass is 425 g/mol. The van der Waals surface area contributed by atoms with Crippen LogP contribution in [0.15, 0.2) is 53.7 Å². The van der Waals surface area contributed by atoms with Crippen molar-refractivity contribution in [1.29, 1.82) is 0 Å². The fourth-order valence-electron chi connectivity index (χ4n) is 3.92. The van der Waals surface area contributed by atoms with E-state index in [0.29, 0.717) is 11.5 Å². The third-order valence-electron chi connectivity index (χ3n) is 5.54. The van der Waals surface area contributed by atoms with Crippen molar-refractivity contribution in [2.24, 2.45) is 0 Å². The van der Waals surface area contributed by atoms with E-state index in [1.807, 2.05) is 36.4 Å². The number of hydrogen-bond acceptors (Lipinski definition) is 5. The van der Waals surface area contributed by atoms with Gasteiger partial charge in [-0.2, -0.15) is 0 Å². The molecule has 158 valence electrons. The molecule has 2 heterocycles. The lowest BCUT2D eigenvalue weighted by Crippen LogP contribution is -3.13. The van der Waals surface area contributed by atoms with Crippen LogP contribution < -0.4 is 14.4 Å². The summed E-state index contributed by atoms with van der Waals surface area (Å²) >= 11 is 1.78. The lowest BCUT2D eigenvalue weighted by molar-refractivity contribution is -0.902. The Hall–Kier alpha value is -2.51. The van der Waals surface area contributed by atoms with Crippen LogP contribution in [0.1, 0.15) is 19.3 Å². The first-order chi connectivity index (χ1) is 14.8. The molecular formula is C23H29N4O2S+. The van der Waals surface area contributed by atoms with Crippen LogP contribution in [0.3, 0.4) is 0 Å². The molecular weight excluding hydrogens is 396 g/mol. The second kappa shape index (κ2) is 10.00. The van der Waals surface area contributed by atoms with E-state index in [4.69, 9.17) is 9.47 Å². The van der Waals surface area contributed by atoms with Gasteiger partial charge >= 0.3 is 0 Å². The van der Waals surface area contributed by atoms with Crippen LogP contribution in [0.5, 0.6) is 11.5 Å². The molecule has 3 aromatic rings. The lowest BCUT2D eigenvalue weighted by atomic mass is 10.1. The van der Waals surface area contributed by atoms with Crippen molar-refractivity contribution in [2.45, 2.75) is 24.4 Å². The molecule has 30 heavy (non-hydrogen) atoms. The second-order valence-corrected chi connectivity index (χ2v) is 8.52. The van der Waals surface area contributed by atoms with E-state index in [1.165, 1.54) is 32.4 Å². The minimum Gasteiger partial charge on any atom is -0.493 e. The van der Waals surface area contributed by atoms with Gasteiger partial charge in [-0.25, -0.2) is 0 Å². The topological polar surface area (TPSA) is 53.6 Å². The van der Waals surface area contributed by atoms with Crippen molar-refractivity contribution < 1.29 is 14.4 Å². The number of benzene rings is 2. The predicted molar refractivity (Wildman–Crippen MR) is 120 cm³/mol. The molecule has 0 amide bonds. The van der Waals surface area contributed by atoms with Crippen molar-refractivity contribution >= 4 is 11.8 Å². The second-order valence-electron chi connectivity index (χ2n) is 7.46. The van der Waals surface area contributed by atoms with E-state index in [9.17, 15) is 0 Å². The maximum atomic E-state index is 5.49. The van der Waals surface area contributed by atoms with Crippen LogP contribution in [0, 0.1) is 0 Å². The van der Waals surface area contributed by atoms with Gasteiger partial charge in [0.05, 0.1) is 39.6 Å². The first kappa shape index (κ1) is 20.8. The number of likely N-dealkylation sites (tertiary alicyclic amines) is 1. The number of methoxy groups -OCH3 is 2. The molecule has 0 aliphatic carbocycles. The number of nitrogens with zero attached hydrogens (tertiary/aromatic N) is 3. The molecule has 1 fully saturated rings. The lowest BCUT2D eigenvalue weighted by Gasteiger charge is -2.23. The molecule has 0 spiro atoms. The number of aromatic nitrogens is 3. The van der Waals surface area contributed by atoms with Gasteiger partial charge in [-0.1, -0.05) is 30.0 Å². The summed E-state index contributed by atoms with van der Waals surface area (Å²) in [7, 11) is 3.29. The highest BCUT2D eigenvalue weighted by Crippen LogP contribution is 2.34. The van der Waals surface area contributed by atoms with E-state index in [2.05, 4.69) is 26.9 Å². The molecule has 0 saturated carbocycles. The van der Waals surface area contributed by atoms with Crippen LogP contribution >= 0.6 is 11.8 Å². The Morgan fingerprint density at radius 1 is 0.933 bits per heavy atom. The summed E-state index contributed by atoms with van der Waals surface area (Å²) in [5.74, 6) is 3.22. The van der Waals surface area contributed by atoms with Gasteiger partial charge in [-0.3, -0.25) is 4.57 Å². The summed E-state index contributed by atoms with van der Waals surface area (Å²) in [6.07, 6.45) is 4.08. The van der Waals surface area contributed by atoms with Gasteiger partial charge in [0.15, 0.2) is 22.5 Å². The first-order valence-electron chi connectivity index (χ1n) is 10.5. The van der Waals surface area contributed by atoms with Crippen LogP contribution in [-0.2, 0) is 0 Å². The standard InChI is InChI=1S/C23H28N4O2S/c1-28-20-12-11-18(17-21(20)29-2)22-24-25-23(27(22)19-9-5-3-6-10-19)30-16-15-26-13-7-4-8-14-26/h3,5-6,9-12,17H,4,7-8,13-16H2,1-2H3/p+1. The average Bonchev–Trinajstić information content (AvgIpc) is 3.23. The number of ether oxygens (including phenoxy) is 2. The maximum absolute atomic E-state index is 5.49. The first-order valence-corrected chi connectivity index (χ1v) is 11.5. The van der Waals surface area contributed by atoms with Crippen LogP contribution in [0.25, 0.3) is 17.1 Å². The van der Waals surface area contributed by atoms with E-state index >= 15 is 0 Å². The molecule has 0 bridgehead atoms. The van der Waals surface area contributed by atoms with E-state index in [1.54, 1.807) is 30.9 Å². The molecule has 1 saturated heterocycles. The highest BCUT2D eigenvalue weighted by Gasteiger charge is 2.19. The molecule has 0 atom stereocenters. The minimum absolute atomic E-state index is 0.681. The number of piperidine rings is 1. The Morgan fingerprint density at radius 3 is 2.43 bits per heavy atom. The zero-order valence-corrected chi connectivity index (χ0v) is 18.5. The quantitative estimate of drug-likeness (QED) is 0.562. The molecule has 1 aromatic heterocycles. The van der Waals surface area contributed by atoms with E-state index in [-0.39, 0.29) is 0 Å². The molecule has 1 aliphatic rings. The Balaban J connectivity index is 1.62. The summed E-state index contributed by atoms with van der Waals surface area (Å²) in [5, 5.41) is 10.0. The van der Waals surface area contributed by atoms with Gasteiger partial charge in [0, 0.05) is 11.3 Å². The third-order valence-corrected chi connectivity index (χ3v) is 6.47. The van der Waals surface area contributed by atoms with Gasteiger partial charge in [0.1, 0.15) is 0 Å². The highest BCUT2D eigenvalue weighted by atomic mass is 32.2. The van der Waals surface area contributed by atoms with Gasteiger partial charge in [0.25, 0.3) is 0 Å². The number of quaternary nitrogens is 1. The Labute approximate surface area is 182 Å². The minimum atomic E-state index is 0.681. The Bertz CT molecular complexity index is 955. The fourth-order valence-corrected chi connectivity index (χ4v) is 4.92. The van der Waals surface area contributed by atoms with Gasteiger partial charge < -0.3 is 14.4 Å². The zero-order valence-electron chi connectivity index (χ0n) is 17.6. The molecule has 1 N–H and O–H groups in total. The number of rotatable bonds is 8. The molecule has 6 nitrogen and oxygen atoms in total. The van der Waals surface area contributed by atoms with Crippen molar-refractivity contribution in [1.82, 2.24) is 14.8 Å². The summed E-state index contributed by atoms with van der Waals surface area (Å²) in [5.41, 5.74) is 2.00. The average molecular weight is 426 g/mol. The predicted octanol–water partition coefficient (Wildman–Crippen LogP) is 3.11. The number of hydrogen-bond donors (Lipinski definition) is 1. The van der Waals surface area contributed by atoms with Gasteiger partial charge in [0.2, 0.25) is 0 Å². The van der Waals surface area contributed by atoms with Gasteiger partial charge in [-0.15, -0.1) is 10.2 Å². The van der Waals surface area contributed by atoms with Crippen molar-refractivity contribution in [2.75, 3.05) is 39.6 Å². The third kappa shape index (κ3) is 4.63. The van der Waals surface area contributed by atoms with Crippen molar-refractivity contribution in [3.05, 3.63) is 48.5 Å². The largest absolute Gasteiger partial charge is 0.493 e. The molecule has 0 radical (unpaired) electrons. The Morgan fingerprint density at radius 2 is 1.70 bits per heavy atom. The van der Waals surface area contributed by atoms with E-state index in [0.717, 1.165) is 34.5 Å².